The molecule has 9 nitrogen and oxygen atoms in total. The molecule has 202 valence electrons. The van der Waals surface area contributed by atoms with E-state index in [-0.39, 0.29) is 36.9 Å². The molecular weight excluding hydrogens is 496 g/mol. The maximum absolute atomic E-state index is 13.7. The first-order valence-electron chi connectivity index (χ1n) is 12.8. The van der Waals surface area contributed by atoms with Crippen LogP contribution in [0.15, 0.2) is 79.0 Å². The lowest BCUT2D eigenvalue weighted by atomic mass is 10.1. The third-order valence-electron chi connectivity index (χ3n) is 6.73. The summed E-state index contributed by atoms with van der Waals surface area (Å²) >= 11 is 0. The number of rotatable bonds is 12. The zero-order chi connectivity index (χ0) is 27.8. The first kappa shape index (κ1) is 27.5. The van der Waals surface area contributed by atoms with Gasteiger partial charge in [-0.05, 0) is 36.6 Å². The van der Waals surface area contributed by atoms with E-state index in [0.717, 1.165) is 22.0 Å². The van der Waals surface area contributed by atoms with Gasteiger partial charge in [-0.15, -0.1) is 0 Å². The third kappa shape index (κ3) is 6.88. The molecular formula is C30H32N4O5. The molecule has 4 aromatic rings. The number of benzene rings is 3. The number of carbonyl (C=O) groups is 2. The van der Waals surface area contributed by atoms with E-state index in [2.05, 4.69) is 11.1 Å². The van der Waals surface area contributed by atoms with Crippen LogP contribution in [0.4, 0.5) is 5.69 Å². The highest BCUT2D eigenvalue weighted by Crippen LogP contribution is 2.21. The Hall–Kier alpha value is -4.50. The van der Waals surface area contributed by atoms with Crippen LogP contribution < -0.4 is 0 Å². The van der Waals surface area contributed by atoms with Crippen LogP contribution in [0, 0.1) is 17.0 Å². The molecule has 0 aliphatic heterocycles. The quantitative estimate of drug-likeness (QED) is 0.211. The number of nitrogens with one attached hydrogen (secondary N) is 1. The van der Waals surface area contributed by atoms with Crippen LogP contribution in [-0.2, 0) is 22.5 Å². The second-order valence-electron chi connectivity index (χ2n) is 9.39. The summed E-state index contributed by atoms with van der Waals surface area (Å²) in [5, 5.41) is 12.5. The molecule has 1 aromatic heterocycles. The molecule has 2 amide bonds. The van der Waals surface area contributed by atoms with Crippen molar-refractivity contribution < 1.29 is 19.2 Å². The molecule has 0 spiro atoms. The van der Waals surface area contributed by atoms with Crippen molar-refractivity contribution in [1.29, 1.82) is 0 Å². The molecule has 0 bridgehead atoms. The molecule has 0 saturated carbocycles. The number of para-hydroxylation sites is 1. The lowest BCUT2D eigenvalue weighted by molar-refractivity contribution is -0.385. The SMILES string of the molecule is COCCN(CC(=O)N(CCc1c[nH]c2ccccc12)Cc1ccccc1)C(=O)c1ccc(C)c([N+](=O)[O-])c1. The molecule has 0 aliphatic carbocycles. The third-order valence-corrected chi connectivity index (χ3v) is 6.73. The molecule has 1 N–H and O–H groups in total. The van der Waals surface area contributed by atoms with E-state index in [1.807, 2.05) is 54.7 Å². The number of aromatic nitrogens is 1. The summed E-state index contributed by atoms with van der Waals surface area (Å²) in [5.41, 5.74) is 3.61. The van der Waals surface area contributed by atoms with Crippen molar-refractivity contribution in [3.63, 3.8) is 0 Å². The molecule has 9 heteroatoms. The van der Waals surface area contributed by atoms with Gasteiger partial charge in [-0.3, -0.25) is 19.7 Å². The van der Waals surface area contributed by atoms with Gasteiger partial charge in [0.15, 0.2) is 0 Å². The standard InChI is InChI=1S/C30H32N4O5/c1-22-12-13-24(18-28(22)34(37)38)30(36)33(16-17-39-2)21-29(35)32(20-23-8-4-3-5-9-23)15-14-25-19-31-27-11-7-6-10-26(25)27/h3-13,18-19,31H,14-17,20-21H2,1-2H3. The molecule has 0 radical (unpaired) electrons. The number of amides is 2. The van der Waals surface area contributed by atoms with E-state index in [9.17, 15) is 19.7 Å². The largest absolute Gasteiger partial charge is 0.383 e. The van der Waals surface area contributed by atoms with Gasteiger partial charge in [0, 0.05) is 61.0 Å². The number of hydrogen-bond acceptors (Lipinski definition) is 5. The summed E-state index contributed by atoms with van der Waals surface area (Å²) < 4.78 is 5.18. The topological polar surface area (TPSA) is 109 Å². The predicted molar refractivity (Wildman–Crippen MR) is 149 cm³/mol. The molecule has 3 aromatic carbocycles. The summed E-state index contributed by atoms with van der Waals surface area (Å²) in [6.45, 7) is 2.69. The van der Waals surface area contributed by atoms with E-state index >= 15 is 0 Å². The van der Waals surface area contributed by atoms with Crippen molar-refractivity contribution in [3.8, 4) is 0 Å². The van der Waals surface area contributed by atoms with Gasteiger partial charge in [0.2, 0.25) is 5.91 Å². The number of nitrogens with zero attached hydrogens (tertiary/aromatic N) is 3. The zero-order valence-electron chi connectivity index (χ0n) is 22.1. The molecule has 0 saturated heterocycles. The lowest BCUT2D eigenvalue weighted by Gasteiger charge is -2.28. The van der Waals surface area contributed by atoms with Crippen LogP contribution in [-0.4, -0.2) is 64.9 Å². The van der Waals surface area contributed by atoms with Crippen LogP contribution in [0.3, 0.4) is 0 Å². The highest BCUT2D eigenvalue weighted by Gasteiger charge is 2.24. The number of nitro groups is 1. The molecule has 1 heterocycles. The van der Waals surface area contributed by atoms with Gasteiger partial charge in [0.25, 0.3) is 11.6 Å². The highest BCUT2D eigenvalue weighted by molar-refractivity contribution is 5.97. The van der Waals surface area contributed by atoms with Crippen LogP contribution in [0.5, 0.6) is 0 Å². The summed E-state index contributed by atoms with van der Waals surface area (Å²) in [6, 6.07) is 22.1. The Bertz CT molecular complexity index is 1450. The average molecular weight is 529 g/mol. The van der Waals surface area contributed by atoms with Crippen molar-refractivity contribution >= 4 is 28.4 Å². The Morgan fingerprint density at radius 3 is 2.46 bits per heavy atom. The maximum atomic E-state index is 13.7. The van der Waals surface area contributed by atoms with Crippen LogP contribution in [0.25, 0.3) is 10.9 Å². The van der Waals surface area contributed by atoms with E-state index in [1.54, 1.807) is 24.0 Å². The summed E-state index contributed by atoms with van der Waals surface area (Å²) in [4.78, 5) is 44.4. The number of fused-ring (bicyclic) bond motifs is 1. The number of aryl methyl sites for hydroxylation is 1. The Labute approximate surface area is 227 Å². The Morgan fingerprint density at radius 2 is 1.72 bits per heavy atom. The van der Waals surface area contributed by atoms with Crippen molar-refractivity contribution in [3.05, 3.63) is 111 Å². The summed E-state index contributed by atoms with van der Waals surface area (Å²) in [7, 11) is 1.52. The van der Waals surface area contributed by atoms with Crippen molar-refractivity contribution in [1.82, 2.24) is 14.8 Å². The minimum absolute atomic E-state index is 0.136. The minimum atomic E-state index is -0.511. The smallest absolute Gasteiger partial charge is 0.273 e. The monoisotopic (exact) mass is 528 g/mol. The first-order chi connectivity index (χ1) is 18.9. The second-order valence-corrected chi connectivity index (χ2v) is 9.39. The molecule has 39 heavy (non-hydrogen) atoms. The van der Waals surface area contributed by atoms with Gasteiger partial charge in [0.1, 0.15) is 6.54 Å². The van der Waals surface area contributed by atoms with E-state index in [1.165, 1.54) is 18.1 Å². The Balaban J connectivity index is 1.56. The molecule has 4 rings (SSSR count). The maximum Gasteiger partial charge on any atom is 0.273 e. The van der Waals surface area contributed by atoms with Crippen molar-refractivity contribution in [2.24, 2.45) is 0 Å². The number of nitro benzene ring substituents is 1. The lowest BCUT2D eigenvalue weighted by Crippen LogP contribution is -2.44. The molecule has 0 fully saturated rings. The van der Waals surface area contributed by atoms with Gasteiger partial charge < -0.3 is 19.5 Å². The van der Waals surface area contributed by atoms with Crippen molar-refractivity contribution in [2.45, 2.75) is 19.9 Å². The van der Waals surface area contributed by atoms with Gasteiger partial charge in [-0.25, -0.2) is 0 Å². The number of H-pyrrole nitrogens is 1. The van der Waals surface area contributed by atoms with Gasteiger partial charge in [-0.1, -0.05) is 54.6 Å². The predicted octanol–water partition coefficient (Wildman–Crippen LogP) is 4.74. The number of methoxy groups -OCH3 is 1. The number of carbonyl (C=O) groups excluding carboxylic acids is 2. The van der Waals surface area contributed by atoms with E-state index < -0.39 is 10.8 Å². The van der Waals surface area contributed by atoms with Crippen LogP contribution in [0.2, 0.25) is 0 Å². The number of ether oxygens (including phenoxy) is 1. The zero-order valence-corrected chi connectivity index (χ0v) is 22.1. The Morgan fingerprint density at radius 1 is 0.974 bits per heavy atom. The fraction of sp³-hybridized carbons (Fsp3) is 0.267. The number of aromatic amines is 1. The van der Waals surface area contributed by atoms with Gasteiger partial charge >= 0.3 is 0 Å². The Kier molecular flexibility index (Phi) is 9.06. The van der Waals surface area contributed by atoms with Gasteiger partial charge in [0.05, 0.1) is 11.5 Å². The number of hydrogen-bond donors (Lipinski definition) is 1. The highest BCUT2D eigenvalue weighted by atomic mass is 16.6. The van der Waals surface area contributed by atoms with Crippen LogP contribution >= 0.6 is 0 Å². The second kappa shape index (κ2) is 12.8. The van der Waals surface area contributed by atoms with Crippen molar-refractivity contribution in [2.75, 3.05) is 33.4 Å². The fourth-order valence-corrected chi connectivity index (χ4v) is 4.53. The molecule has 0 unspecified atom stereocenters. The molecule has 0 atom stereocenters. The van der Waals surface area contributed by atoms with Crippen LogP contribution in [0.1, 0.15) is 27.0 Å². The summed E-state index contributed by atoms with van der Waals surface area (Å²) in [6.07, 6.45) is 2.60. The molecule has 0 aliphatic rings. The van der Waals surface area contributed by atoms with E-state index in [0.29, 0.717) is 25.1 Å². The fourth-order valence-electron chi connectivity index (χ4n) is 4.53. The van der Waals surface area contributed by atoms with E-state index in [4.69, 9.17) is 4.74 Å². The average Bonchev–Trinajstić information content (AvgIpc) is 3.36. The summed E-state index contributed by atoms with van der Waals surface area (Å²) in [5.74, 6) is -0.676. The normalized spacial score (nSPS) is 10.9. The minimum Gasteiger partial charge on any atom is -0.383 e. The van der Waals surface area contributed by atoms with Gasteiger partial charge in [-0.2, -0.15) is 0 Å². The first-order valence-corrected chi connectivity index (χ1v) is 12.8.